The van der Waals surface area contributed by atoms with Gasteiger partial charge in [0.1, 0.15) is 29.7 Å². The second kappa shape index (κ2) is 25.7. The lowest BCUT2D eigenvalue weighted by atomic mass is 9.74. The zero-order valence-corrected chi connectivity index (χ0v) is 42.6. The lowest BCUT2D eigenvalue weighted by molar-refractivity contribution is -0.322. The second-order valence-corrected chi connectivity index (χ2v) is 20.3. The molecule has 3 aliphatic heterocycles. The minimum Gasteiger partial charge on any atom is -0.459 e. The monoisotopic (exact) mass is 931 g/mol. The van der Waals surface area contributed by atoms with Crippen LogP contribution in [0.1, 0.15) is 147 Å². The molecule has 3 fully saturated rings. The molecule has 0 aromatic rings. The van der Waals surface area contributed by atoms with Crippen LogP contribution in [0.3, 0.4) is 0 Å². The number of nitrogens with one attached hydrogen (secondary N) is 1. The Morgan fingerprint density at radius 1 is 0.846 bits per heavy atom. The summed E-state index contributed by atoms with van der Waals surface area (Å²) in [5, 5.41) is 38.1. The molecule has 16 nitrogen and oxygen atoms in total. The summed E-state index contributed by atoms with van der Waals surface area (Å²) in [6.07, 6.45) is -1.59. The molecule has 3 rings (SSSR count). The number of rotatable bonds is 19. The molecule has 1 amide bonds. The fourth-order valence-electron chi connectivity index (χ4n) is 10.4. The lowest BCUT2D eigenvalue weighted by Crippen LogP contribution is -2.61. The molecule has 0 aromatic carbocycles. The van der Waals surface area contributed by atoms with E-state index in [4.69, 9.17) is 37.9 Å². The average Bonchev–Trinajstić information content (AvgIpc) is 3.25. The van der Waals surface area contributed by atoms with E-state index >= 15 is 0 Å². The van der Waals surface area contributed by atoms with Crippen LogP contribution in [0.4, 0.5) is 0 Å². The summed E-state index contributed by atoms with van der Waals surface area (Å²) < 4.78 is 51.7. The fourth-order valence-corrected chi connectivity index (χ4v) is 10.4. The van der Waals surface area contributed by atoms with Crippen LogP contribution in [-0.2, 0) is 52.3 Å². The number of aliphatic hydroxyl groups excluding tert-OH is 2. The van der Waals surface area contributed by atoms with E-state index in [0.717, 1.165) is 25.7 Å². The highest BCUT2D eigenvalue weighted by Crippen LogP contribution is 2.42. The Morgan fingerprint density at radius 2 is 1.48 bits per heavy atom. The van der Waals surface area contributed by atoms with E-state index in [1.165, 1.54) is 20.5 Å². The van der Waals surface area contributed by atoms with Gasteiger partial charge in [-0.15, -0.1) is 0 Å². The van der Waals surface area contributed by atoms with Gasteiger partial charge in [-0.05, 0) is 87.7 Å². The van der Waals surface area contributed by atoms with Gasteiger partial charge in [-0.2, -0.15) is 0 Å². The number of Topliss-reactive ketones (excluding diaryl/α,β-unsaturated/α-hetero) is 1. The van der Waals surface area contributed by atoms with Gasteiger partial charge in [0.2, 0.25) is 5.91 Å². The molecule has 65 heavy (non-hydrogen) atoms. The number of methoxy groups -OCH3 is 2. The number of nitrogens with zero attached hydrogens (tertiary/aromatic N) is 1. The summed E-state index contributed by atoms with van der Waals surface area (Å²) in [6, 6.07) is -0.295. The number of hydrogen-bond acceptors (Lipinski definition) is 15. The van der Waals surface area contributed by atoms with E-state index in [1.807, 2.05) is 53.6 Å². The molecule has 3 aliphatic rings. The number of likely N-dealkylation sites (N-methyl/N-ethyl adjacent to an activating group) is 1. The van der Waals surface area contributed by atoms with Crippen LogP contribution in [0.15, 0.2) is 0 Å². The molecule has 0 saturated carbocycles. The van der Waals surface area contributed by atoms with Crippen LogP contribution >= 0.6 is 0 Å². The second-order valence-electron chi connectivity index (χ2n) is 20.3. The number of cyclic esters (lactones) is 1. The van der Waals surface area contributed by atoms with Gasteiger partial charge in [0, 0.05) is 64.0 Å². The van der Waals surface area contributed by atoms with Crippen LogP contribution in [0, 0.1) is 23.7 Å². The number of esters is 1. The van der Waals surface area contributed by atoms with Crippen molar-refractivity contribution < 1.29 is 67.6 Å². The van der Waals surface area contributed by atoms with Crippen molar-refractivity contribution in [3.8, 4) is 0 Å². The summed E-state index contributed by atoms with van der Waals surface area (Å²) in [4.78, 5) is 43.0. The zero-order chi connectivity index (χ0) is 49.0. The van der Waals surface area contributed by atoms with E-state index in [-0.39, 0.29) is 43.1 Å². The topological polar surface area (TPSA) is 201 Å². The molecule has 0 spiro atoms. The number of aliphatic hydroxyl groups is 3. The first-order chi connectivity index (χ1) is 30.4. The number of ether oxygens (including phenoxy) is 8. The maximum Gasteiger partial charge on any atom is 0.311 e. The Bertz CT molecular complexity index is 1470. The van der Waals surface area contributed by atoms with Crippen LogP contribution in [0.25, 0.3) is 0 Å². The van der Waals surface area contributed by atoms with Gasteiger partial charge in [0.05, 0.1) is 47.6 Å². The maximum atomic E-state index is 14.5. The van der Waals surface area contributed by atoms with E-state index in [2.05, 4.69) is 12.2 Å². The van der Waals surface area contributed by atoms with Gasteiger partial charge in [0.15, 0.2) is 12.6 Å². The molecular weight excluding hydrogens is 841 g/mol. The summed E-state index contributed by atoms with van der Waals surface area (Å²) in [5.41, 5.74) is -4.15. The number of carbonyl (C=O) groups is 3. The van der Waals surface area contributed by atoms with Gasteiger partial charge in [-0.25, -0.2) is 0 Å². The molecule has 0 bridgehead atoms. The number of hydrogen-bond donors (Lipinski definition) is 4. The van der Waals surface area contributed by atoms with Gasteiger partial charge in [-0.3, -0.25) is 14.4 Å². The molecule has 0 aromatic heterocycles. The van der Waals surface area contributed by atoms with Crippen molar-refractivity contribution in [2.45, 2.75) is 231 Å². The third-order valence-corrected chi connectivity index (χ3v) is 14.7. The predicted octanol–water partition coefficient (Wildman–Crippen LogP) is 5.33. The SMILES string of the molecule is CCCCCCCC(=O)NCCCO[C@H]1[C@H](C)O[C@@H](O[C@H]2[C@H](C)[C@@H](O[C@@H]3O[C@H](C)C[C@H](N(C)C)[C@H]3O)[C@](C)(OC)C[C@@H](C)C(=O)[C@H](C)[C@@H](O)[C@](C)(O)[C@@H](CC)OC(=O)[C@@H]2C)C[C@@]1(C)OC. The van der Waals surface area contributed by atoms with Crippen molar-refractivity contribution in [2.24, 2.45) is 23.7 Å². The van der Waals surface area contributed by atoms with Gasteiger partial charge < -0.3 is 63.4 Å². The number of ketones is 1. The van der Waals surface area contributed by atoms with Crippen molar-refractivity contribution in [1.82, 2.24) is 10.2 Å². The van der Waals surface area contributed by atoms with E-state index in [9.17, 15) is 29.7 Å². The van der Waals surface area contributed by atoms with Crippen LogP contribution < -0.4 is 5.32 Å². The first-order valence-electron chi connectivity index (χ1n) is 24.5. The molecule has 3 heterocycles. The van der Waals surface area contributed by atoms with Gasteiger partial charge in [0.25, 0.3) is 0 Å². The van der Waals surface area contributed by atoms with Gasteiger partial charge >= 0.3 is 5.97 Å². The van der Waals surface area contributed by atoms with E-state index < -0.39 is 102 Å². The molecule has 18 atom stereocenters. The molecule has 4 N–H and O–H groups in total. The summed E-state index contributed by atoms with van der Waals surface area (Å²) in [6.45, 7) is 20.5. The quantitative estimate of drug-likeness (QED) is 0.0956. The minimum absolute atomic E-state index is 0.0432. The summed E-state index contributed by atoms with van der Waals surface area (Å²) in [5.74, 6) is -4.46. The zero-order valence-electron chi connectivity index (χ0n) is 42.6. The molecule has 0 aliphatic carbocycles. The van der Waals surface area contributed by atoms with Crippen LogP contribution in [0.5, 0.6) is 0 Å². The standard InChI is InChI=1S/C49H90N2O14/c1-16-18-19-20-21-23-37(52)50-24-22-25-60-44-34(8)62-38(28-48(44,10)59-15)64-41-32(6)43(65-46-40(54)35(51(12)13)26-30(4)61-46)47(9,58-14)27-29(3)39(53)31(5)42(55)49(11,57)36(17-2)63-45(56)33(41)7/h29-36,38,40-44,46,54-55,57H,16-28H2,1-15H3,(H,50,52)/t29-,30-,31+,32+,33-,34+,35+,36-,38+,40-,41+,42-,43-,44+,46+,47-,48-,49-/m1/s1. The minimum atomic E-state index is -1.98. The smallest absolute Gasteiger partial charge is 0.311 e. The van der Waals surface area contributed by atoms with Crippen molar-refractivity contribution in [2.75, 3.05) is 41.5 Å². The average molecular weight is 931 g/mol. The van der Waals surface area contributed by atoms with Crippen LogP contribution in [0.2, 0.25) is 0 Å². The van der Waals surface area contributed by atoms with E-state index in [0.29, 0.717) is 32.4 Å². The largest absolute Gasteiger partial charge is 0.459 e. The fraction of sp³-hybridized carbons (Fsp3) is 0.939. The molecule has 0 unspecified atom stereocenters. The highest BCUT2D eigenvalue weighted by Gasteiger charge is 2.54. The Morgan fingerprint density at radius 3 is 2.08 bits per heavy atom. The third-order valence-electron chi connectivity index (χ3n) is 14.7. The van der Waals surface area contributed by atoms with Crippen molar-refractivity contribution in [3.05, 3.63) is 0 Å². The molecule has 0 radical (unpaired) electrons. The van der Waals surface area contributed by atoms with Crippen molar-refractivity contribution >= 4 is 17.7 Å². The Hall–Kier alpha value is -1.83. The molecular formula is C49H90N2O14. The number of amides is 1. The van der Waals surface area contributed by atoms with E-state index in [1.54, 1.807) is 34.8 Å². The number of carbonyl (C=O) groups excluding carboxylic acids is 3. The number of unbranched alkanes of at least 4 members (excludes halogenated alkanes) is 4. The summed E-state index contributed by atoms with van der Waals surface area (Å²) in [7, 11) is 6.91. The molecule has 16 heteroatoms. The Balaban J connectivity index is 2.01. The first-order valence-corrected chi connectivity index (χ1v) is 24.5. The Kier molecular flexibility index (Phi) is 22.7. The highest BCUT2D eigenvalue weighted by atomic mass is 16.7. The van der Waals surface area contributed by atoms with Crippen molar-refractivity contribution in [3.63, 3.8) is 0 Å². The normalized spacial score (nSPS) is 41.5. The third kappa shape index (κ3) is 14.8. The summed E-state index contributed by atoms with van der Waals surface area (Å²) >= 11 is 0. The first kappa shape index (κ1) is 57.5. The van der Waals surface area contributed by atoms with Gasteiger partial charge in [-0.1, -0.05) is 60.3 Å². The predicted molar refractivity (Wildman–Crippen MR) is 246 cm³/mol. The van der Waals surface area contributed by atoms with Crippen molar-refractivity contribution in [1.29, 1.82) is 0 Å². The maximum absolute atomic E-state index is 14.5. The van der Waals surface area contributed by atoms with Crippen LogP contribution in [-0.4, -0.2) is 164 Å². The lowest BCUT2D eigenvalue weighted by Gasteiger charge is -2.50. The Labute approximate surface area is 390 Å². The molecule has 3 saturated heterocycles. The molecule has 380 valence electrons. The highest BCUT2D eigenvalue weighted by molar-refractivity contribution is 5.83.